The number of carbonyl (C=O) groups is 1. The fourth-order valence-electron chi connectivity index (χ4n) is 5.71. The maximum atomic E-state index is 13.5. The van der Waals surface area contributed by atoms with Crippen molar-refractivity contribution in [3.63, 3.8) is 0 Å². The summed E-state index contributed by atoms with van der Waals surface area (Å²) in [5.74, 6) is 0.750. The van der Waals surface area contributed by atoms with Gasteiger partial charge in [-0.15, -0.1) is 0 Å². The molecule has 2 aromatic carbocycles. The molecule has 1 amide bonds. The van der Waals surface area contributed by atoms with Crippen LogP contribution in [0.3, 0.4) is 0 Å². The van der Waals surface area contributed by atoms with Crippen LogP contribution < -0.4 is 15.7 Å². The Hall–Kier alpha value is -2.94. The Kier molecular flexibility index (Phi) is 9.54. The van der Waals surface area contributed by atoms with E-state index in [2.05, 4.69) is 65.6 Å². The van der Waals surface area contributed by atoms with Gasteiger partial charge in [-0.05, 0) is 79.3 Å². The van der Waals surface area contributed by atoms with Crippen molar-refractivity contribution in [3.05, 3.63) is 53.6 Å². The van der Waals surface area contributed by atoms with Crippen molar-refractivity contribution in [2.75, 3.05) is 49.0 Å². The molecule has 0 aliphatic carbocycles. The van der Waals surface area contributed by atoms with Crippen molar-refractivity contribution in [1.82, 2.24) is 4.90 Å². The second kappa shape index (κ2) is 12.7. The van der Waals surface area contributed by atoms with Gasteiger partial charge in [0.25, 0.3) is 0 Å². The van der Waals surface area contributed by atoms with Crippen LogP contribution in [0.25, 0.3) is 0 Å². The lowest BCUT2D eigenvalue weighted by Gasteiger charge is -2.35. The Morgan fingerprint density at radius 3 is 2.17 bits per heavy atom. The molecule has 2 aliphatic heterocycles. The first kappa shape index (κ1) is 30.0. The molecule has 0 atom stereocenters. The number of alkyl halides is 3. The number of benzene rings is 2. The quantitative estimate of drug-likeness (QED) is 0.338. The highest BCUT2D eigenvalue weighted by molar-refractivity contribution is 5.76. The summed E-state index contributed by atoms with van der Waals surface area (Å²) in [6, 6.07) is 13.0. The Morgan fingerprint density at radius 2 is 1.60 bits per heavy atom. The van der Waals surface area contributed by atoms with Gasteiger partial charge in [-0.1, -0.05) is 32.9 Å². The van der Waals surface area contributed by atoms with Crippen molar-refractivity contribution < 1.29 is 22.8 Å². The maximum Gasteiger partial charge on any atom is 0.418 e. The first-order valence-corrected chi connectivity index (χ1v) is 14.3. The number of hydrogen-bond donors (Lipinski definition) is 2. The van der Waals surface area contributed by atoms with E-state index in [1.807, 2.05) is 4.90 Å². The minimum atomic E-state index is -4.50. The normalized spacial score (nSPS) is 17.7. The molecule has 0 saturated carbocycles. The van der Waals surface area contributed by atoms with Crippen LogP contribution >= 0.6 is 0 Å². The molecule has 2 aliphatic rings. The molecule has 0 bridgehead atoms. The second-order valence-electron chi connectivity index (χ2n) is 12.1. The fourth-order valence-corrected chi connectivity index (χ4v) is 5.71. The predicted octanol–water partition coefficient (Wildman–Crippen LogP) is 7.08. The van der Waals surface area contributed by atoms with Crippen LogP contribution in [0.5, 0.6) is 0 Å². The molecule has 40 heavy (non-hydrogen) atoms. The lowest BCUT2D eigenvalue weighted by molar-refractivity contribution is -0.137. The summed E-state index contributed by atoms with van der Waals surface area (Å²) in [4.78, 5) is 21.9. The van der Waals surface area contributed by atoms with E-state index in [9.17, 15) is 18.0 Å². The van der Waals surface area contributed by atoms with Crippen molar-refractivity contribution in [2.24, 2.45) is 5.92 Å². The molecule has 6 nitrogen and oxygen atoms in total. The van der Waals surface area contributed by atoms with E-state index in [1.54, 1.807) is 6.07 Å². The van der Waals surface area contributed by atoms with E-state index in [4.69, 9.17) is 0 Å². The van der Waals surface area contributed by atoms with Gasteiger partial charge in [-0.25, -0.2) is 0 Å². The number of hydrogen-bond acceptors (Lipinski definition) is 5. The SMILES string of the molecule is CONc1ccc(NC2CCN(C(=O)CCC3CCN(c4ccc(C(C)(C)C)cc4)CC3)CC2)cc1C(F)(F)F. The molecular formula is C31H43F3N4O2. The highest BCUT2D eigenvalue weighted by atomic mass is 19.4. The van der Waals surface area contributed by atoms with Crippen LogP contribution in [0.4, 0.5) is 30.2 Å². The van der Waals surface area contributed by atoms with Gasteiger partial charge in [-0.2, -0.15) is 13.2 Å². The summed E-state index contributed by atoms with van der Waals surface area (Å²) in [7, 11) is 1.28. The van der Waals surface area contributed by atoms with Gasteiger partial charge in [0.2, 0.25) is 5.91 Å². The number of anilines is 3. The topological polar surface area (TPSA) is 56.8 Å². The van der Waals surface area contributed by atoms with Crippen molar-refractivity contribution in [3.8, 4) is 0 Å². The molecule has 9 heteroatoms. The Morgan fingerprint density at radius 1 is 0.950 bits per heavy atom. The lowest BCUT2D eigenvalue weighted by Crippen LogP contribution is -2.42. The maximum absolute atomic E-state index is 13.5. The number of halogens is 3. The number of nitrogens with one attached hydrogen (secondary N) is 2. The second-order valence-corrected chi connectivity index (χ2v) is 12.1. The van der Waals surface area contributed by atoms with E-state index in [1.165, 1.54) is 24.4 Å². The van der Waals surface area contributed by atoms with Gasteiger partial charge in [0.1, 0.15) is 0 Å². The Bertz CT molecular complexity index is 1110. The molecule has 0 radical (unpaired) electrons. The van der Waals surface area contributed by atoms with Crippen LogP contribution in [0.15, 0.2) is 42.5 Å². The molecule has 2 saturated heterocycles. The average Bonchev–Trinajstić information content (AvgIpc) is 2.92. The number of amides is 1. The first-order chi connectivity index (χ1) is 18.9. The van der Waals surface area contributed by atoms with Gasteiger partial charge < -0.3 is 15.1 Å². The number of rotatable bonds is 8. The summed E-state index contributed by atoms with van der Waals surface area (Å²) >= 11 is 0. The summed E-state index contributed by atoms with van der Waals surface area (Å²) in [5.41, 5.74) is 4.56. The van der Waals surface area contributed by atoms with Crippen LogP contribution in [-0.4, -0.2) is 50.1 Å². The zero-order valence-electron chi connectivity index (χ0n) is 24.1. The van der Waals surface area contributed by atoms with Crippen LogP contribution in [0.1, 0.15) is 70.4 Å². The molecular weight excluding hydrogens is 517 g/mol. The van der Waals surface area contributed by atoms with E-state index in [0.29, 0.717) is 44.0 Å². The molecule has 2 fully saturated rings. The lowest BCUT2D eigenvalue weighted by atomic mass is 9.87. The van der Waals surface area contributed by atoms with E-state index < -0.39 is 11.7 Å². The fraction of sp³-hybridized carbons (Fsp3) is 0.581. The van der Waals surface area contributed by atoms with Crippen molar-refractivity contribution >= 4 is 23.0 Å². The summed E-state index contributed by atoms with van der Waals surface area (Å²) < 4.78 is 40.4. The molecule has 2 N–H and O–H groups in total. The third-order valence-corrected chi connectivity index (χ3v) is 8.23. The van der Waals surface area contributed by atoms with Crippen LogP contribution in [0, 0.1) is 5.92 Å². The van der Waals surface area contributed by atoms with Gasteiger partial charge >= 0.3 is 6.18 Å². The Balaban J connectivity index is 1.19. The molecule has 4 rings (SSSR count). The monoisotopic (exact) mass is 560 g/mol. The van der Waals surface area contributed by atoms with Crippen molar-refractivity contribution in [1.29, 1.82) is 0 Å². The standard InChI is InChI=1S/C31H43F3N4O2/c1-30(2,3)23-6-9-26(10-7-23)37-17-13-22(14-18-37)5-12-29(39)38-19-15-24(16-20-38)35-25-8-11-28(36-40-4)27(21-25)31(32,33)34/h6-11,21-22,24,35-36H,5,12-20H2,1-4H3. The number of piperidine rings is 2. The molecule has 0 spiro atoms. The molecule has 2 heterocycles. The minimum Gasteiger partial charge on any atom is -0.382 e. The van der Waals surface area contributed by atoms with Crippen molar-refractivity contribution in [2.45, 2.75) is 76.9 Å². The van der Waals surface area contributed by atoms with Gasteiger partial charge in [-0.3, -0.25) is 15.1 Å². The molecule has 0 unspecified atom stereocenters. The average molecular weight is 561 g/mol. The van der Waals surface area contributed by atoms with Crippen LogP contribution in [0.2, 0.25) is 0 Å². The highest BCUT2D eigenvalue weighted by Gasteiger charge is 2.34. The number of nitrogens with zero attached hydrogens (tertiary/aromatic N) is 2. The summed E-state index contributed by atoms with van der Waals surface area (Å²) in [5, 5.41) is 3.22. The van der Waals surface area contributed by atoms with Crippen LogP contribution in [-0.2, 0) is 21.2 Å². The molecule has 0 aromatic heterocycles. The van der Waals surface area contributed by atoms with Gasteiger partial charge in [0.15, 0.2) is 0 Å². The smallest absolute Gasteiger partial charge is 0.382 e. The number of carbonyl (C=O) groups excluding carboxylic acids is 1. The highest BCUT2D eigenvalue weighted by Crippen LogP contribution is 2.37. The summed E-state index contributed by atoms with van der Waals surface area (Å²) in [6.45, 7) is 9.96. The zero-order valence-corrected chi connectivity index (χ0v) is 24.1. The number of likely N-dealkylation sites (tertiary alicyclic amines) is 1. The summed E-state index contributed by atoms with van der Waals surface area (Å²) in [6.07, 6.45) is 0.581. The zero-order chi connectivity index (χ0) is 28.9. The van der Waals surface area contributed by atoms with E-state index >= 15 is 0 Å². The van der Waals surface area contributed by atoms with E-state index in [0.717, 1.165) is 38.4 Å². The minimum absolute atomic E-state index is 0.0214. The molecule has 220 valence electrons. The van der Waals surface area contributed by atoms with E-state index in [-0.39, 0.29) is 23.1 Å². The van der Waals surface area contributed by atoms with Gasteiger partial charge in [0.05, 0.1) is 18.4 Å². The first-order valence-electron chi connectivity index (χ1n) is 14.3. The van der Waals surface area contributed by atoms with Gasteiger partial charge in [0, 0.05) is 50.0 Å². The largest absolute Gasteiger partial charge is 0.418 e. The Labute approximate surface area is 236 Å². The molecule has 2 aromatic rings. The predicted molar refractivity (Wildman–Crippen MR) is 155 cm³/mol. The third-order valence-electron chi connectivity index (χ3n) is 8.23. The third kappa shape index (κ3) is 7.83.